The first-order chi connectivity index (χ1) is 46.4. The predicted octanol–water partition coefficient (Wildman–Crippen LogP) is -0.669. The number of likely N-dealkylation sites (tertiary alicyclic amines) is 1. The van der Waals surface area contributed by atoms with Crippen LogP contribution >= 0.6 is 0 Å². The second kappa shape index (κ2) is 35.6. The van der Waals surface area contributed by atoms with Crippen LogP contribution in [0.25, 0.3) is 21.8 Å². The van der Waals surface area contributed by atoms with Crippen LogP contribution in [0.2, 0.25) is 0 Å². The van der Waals surface area contributed by atoms with Crippen molar-refractivity contribution in [2.75, 3.05) is 26.2 Å². The van der Waals surface area contributed by atoms with Crippen LogP contribution in [-0.4, -0.2) is 192 Å². The van der Waals surface area contributed by atoms with Crippen molar-refractivity contribution in [2.45, 2.75) is 153 Å². The first kappa shape index (κ1) is 73.6. The number of hydrogen-bond acceptors (Lipinski definition) is 15. The number of nitrogens with one attached hydrogen (secondary N) is 12. The molecule has 6 aromatic rings. The zero-order valence-corrected chi connectivity index (χ0v) is 54.4. The molecule has 2 aliphatic heterocycles. The average molecular weight is 1340 g/mol. The van der Waals surface area contributed by atoms with Gasteiger partial charge in [-0.15, -0.1) is 0 Å². The number of likely N-dealkylation sites (N-methyl/N-ethyl adjacent to an activating group) is 1. The van der Waals surface area contributed by atoms with Crippen molar-refractivity contribution in [1.29, 1.82) is 0 Å². The van der Waals surface area contributed by atoms with E-state index in [2.05, 4.69) is 72.8 Å². The lowest BCUT2D eigenvalue weighted by Crippen LogP contribution is -2.61. The highest BCUT2D eigenvalue weighted by molar-refractivity contribution is 6.00. The molecule has 31 heteroatoms. The number of phenols is 1. The monoisotopic (exact) mass is 1340 g/mol. The number of rotatable bonds is 32. The van der Waals surface area contributed by atoms with E-state index in [-0.39, 0.29) is 100 Å². The van der Waals surface area contributed by atoms with Crippen LogP contribution < -0.4 is 59.3 Å². The molecule has 520 valence electrons. The summed E-state index contributed by atoms with van der Waals surface area (Å²) in [5.41, 5.74) is 14.6. The Kier molecular flexibility index (Phi) is 27.0. The highest BCUT2D eigenvalue weighted by Crippen LogP contribution is 2.24. The van der Waals surface area contributed by atoms with Crippen molar-refractivity contribution >= 4 is 92.8 Å². The summed E-state index contributed by atoms with van der Waals surface area (Å²) < 4.78 is 0. The van der Waals surface area contributed by atoms with E-state index in [4.69, 9.17) is 21.4 Å². The van der Waals surface area contributed by atoms with E-state index in [0.717, 1.165) is 6.92 Å². The summed E-state index contributed by atoms with van der Waals surface area (Å²) in [6.07, 6.45) is 7.10. The van der Waals surface area contributed by atoms with E-state index in [9.17, 15) is 48.6 Å². The summed E-state index contributed by atoms with van der Waals surface area (Å²) in [5.74, 6) is -8.42. The fourth-order valence-electron chi connectivity index (χ4n) is 11.5. The Morgan fingerprint density at radius 3 is 1.69 bits per heavy atom. The quantitative estimate of drug-likeness (QED) is 0.0141. The molecule has 2 aliphatic rings. The van der Waals surface area contributed by atoms with Crippen LogP contribution in [-0.2, 0) is 78.4 Å². The van der Waals surface area contributed by atoms with E-state index in [1.807, 2.05) is 38.1 Å². The number of amides is 10. The number of imidazole rings is 1. The Morgan fingerprint density at radius 2 is 1.18 bits per heavy atom. The second-order valence-electron chi connectivity index (χ2n) is 24.2. The number of H-pyrrole nitrogens is 3. The largest absolute Gasteiger partial charge is 0.508 e. The fourth-order valence-corrected chi connectivity index (χ4v) is 11.5. The van der Waals surface area contributed by atoms with Crippen LogP contribution in [0, 0.1) is 5.92 Å². The minimum atomic E-state index is -1.78. The number of carbonyl (C=O) groups is 11. The third-order valence-electron chi connectivity index (χ3n) is 16.3. The molecule has 3 aromatic heterocycles. The van der Waals surface area contributed by atoms with Crippen LogP contribution in [0.4, 0.5) is 0 Å². The van der Waals surface area contributed by atoms with Crippen LogP contribution in [0.3, 0.4) is 0 Å². The molecule has 2 saturated heterocycles. The summed E-state index contributed by atoms with van der Waals surface area (Å²) >= 11 is 0. The van der Waals surface area contributed by atoms with Gasteiger partial charge in [0.1, 0.15) is 60.1 Å². The van der Waals surface area contributed by atoms with Crippen molar-refractivity contribution in [3.63, 3.8) is 0 Å². The van der Waals surface area contributed by atoms with Crippen LogP contribution in [0.5, 0.6) is 5.75 Å². The van der Waals surface area contributed by atoms with E-state index in [0.29, 0.717) is 63.6 Å². The second-order valence-corrected chi connectivity index (χ2v) is 24.2. The first-order valence-corrected chi connectivity index (χ1v) is 32.1. The highest BCUT2D eigenvalue weighted by Gasteiger charge is 2.40. The number of hydrogen-bond donors (Lipinski definition) is 17. The molecule has 0 bridgehead atoms. The van der Waals surface area contributed by atoms with E-state index < -0.39 is 114 Å². The van der Waals surface area contributed by atoms with Gasteiger partial charge < -0.3 is 94.5 Å². The molecule has 0 aliphatic carbocycles. The minimum Gasteiger partial charge on any atom is -0.508 e. The van der Waals surface area contributed by atoms with Gasteiger partial charge in [0.05, 0.1) is 12.9 Å². The molecule has 0 spiro atoms. The van der Waals surface area contributed by atoms with Gasteiger partial charge >= 0.3 is 0 Å². The van der Waals surface area contributed by atoms with Gasteiger partial charge in [-0.1, -0.05) is 62.4 Å². The number of aromatic nitrogens is 4. The van der Waals surface area contributed by atoms with Crippen molar-refractivity contribution < 1.29 is 68.1 Å². The topological polar surface area (TPSA) is 485 Å². The number of aliphatic imine (C=N–C) groups is 1. The van der Waals surface area contributed by atoms with Crippen molar-refractivity contribution in [2.24, 2.45) is 22.4 Å². The number of aromatic hydroxyl groups is 1. The van der Waals surface area contributed by atoms with Crippen molar-refractivity contribution in [3.05, 3.63) is 120 Å². The number of phenolic OH excluding ortho intramolecular Hbond substituents is 1. The normalized spacial score (nSPS) is 16.4. The summed E-state index contributed by atoms with van der Waals surface area (Å²) in [5, 5.41) is 54.4. The summed E-state index contributed by atoms with van der Waals surface area (Å²) in [7, 11) is 0. The summed E-state index contributed by atoms with van der Waals surface area (Å²) in [4.78, 5) is 169. The molecule has 5 heterocycles. The molecule has 19 N–H and O–H groups in total. The van der Waals surface area contributed by atoms with Gasteiger partial charge in [0.25, 0.3) is 5.97 Å². The number of aliphatic hydroxyl groups is 1. The Hall–Kier alpha value is -10.9. The third kappa shape index (κ3) is 21.6. The zero-order valence-electron chi connectivity index (χ0n) is 54.4. The average Bonchev–Trinajstić information content (AvgIpc) is 1.67. The number of aliphatic hydroxyl groups excluding tert-OH is 1. The standard InChI is InChI=1S/C64H83N17O12.C2H4O2/c1-4-68-62(92)53-16-10-24-81(53)63(93)46(15-9-23-69-64(65)66)74-56(86)47(25-35(2)3)75-58(88)49(27-37-30-70-43-13-7-5-11-41(37)43)77-57(87)48(26-36-17-19-40(83)20-18-36)76-61(91)52(33-82)80-59(89)50(28-38-31-71-44-14-8-6-12-42(38)44)78-60(90)51(29-39-32-67-34-72-39)79-55(85)45-21-22-54(84)73-45;1-2(3)4/h5-8,11-14,17-20,30-32,34-35,45-53,70-71,82-83H,4,9-10,15-16,21-29,33H2,1-3H3,(H,67,72)(H,68,92)(H,73,84)(H,74,86)(H,75,88)(H,76,91)(H,77,87)(H,78,90)(H,79,85)(H,80,89)(H4,65,66,69);1H3,(H,3,4). The molecular weight excluding hydrogens is 1250 g/mol. The number of nitrogens with zero attached hydrogens (tertiary/aromatic N) is 3. The highest BCUT2D eigenvalue weighted by atomic mass is 16.4. The Labute approximate surface area is 558 Å². The van der Waals surface area contributed by atoms with Crippen LogP contribution in [0.15, 0.2) is 103 Å². The van der Waals surface area contributed by atoms with E-state index in [1.54, 1.807) is 43.6 Å². The van der Waals surface area contributed by atoms with Crippen LogP contribution in [0.1, 0.15) is 95.0 Å². The number of guanidine groups is 1. The number of carbonyl (C=O) groups excluding carboxylic acids is 10. The molecule has 9 atom stereocenters. The molecule has 9 unspecified atom stereocenters. The maximum Gasteiger partial charge on any atom is 0.300 e. The minimum absolute atomic E-state index is 0.0647. The molecule has 0 radical (unpaired) electrons. The van der Waals surface area contributed by atoms with Crippen molar-refractivity contribution in [3.8, 4) is 5.75 Å². The number of fused-ring (bicyclic) bond motifs is 2. The smallest absolute Gasteiger partial charge is 0.300 e. The van der Waals surface area contributed by atoms with E-state index in [1.165, 1.54) is 41.7 Å². The van der Waals surface area contributed by atoms with Gasteiger partial charge in [-0.25, -0.2) is 4.98 Å². The maximum atomic E-state index is 15.1. The first-order valence-electron chi connectivity index (χ1n) is 32.1. The number of benzene rings is 3. The third-order valence-corrected chi connectivity index (χ3v) is 16.3. The maximum absolute atomic E-state index is 15.1. The predicted molar refractivity (Wildman–Crippen MR) is 356 cm³/mol. The van der Waals surface area contributed by atoms with Gasteiger partial charge in [-0.2, -0.15) is 0 Å². The van der Waals surface area contributed by atoms with Gasteiger partial charge in [0.15, 0.2) is 5.96 Å². The summed E-state index contributed by atoms with van der Waals surface area (Å²) in [6.45, 7) is 6.23. The molecule has 8 rings (SSSR count). The molecule has 97 heavy (non-hydrogen) atoms. The van der Waals surface area contributed by atoms with Gasteiger partial charge in [-0.3, -0.25) is 57.7 Å². The molecule has 3 aromatic carbocycles. The lowest BCUT2D eigenvalue weighted by Gasteiger charge is -2.30. The SMILES string of the molecule is CC(=O)O.CCNC(=O)C1CCCN1C(=O)C(CCCN=C(N)N)NC(=O)C(CC(C)C)NC(=O)C(Cc1c[nH]c2ccccc12)NC(=O)C(Cc1ccc(O)cc1)NC(=O)C(CO)NC(=O)C(Cc1c[nH]c2ccccc12)NC(=O)C(Cc1cnc[nH]1)NC(=O)C1CCC(=O)N1. The lowest BCUT2D eigenvalue weighted by atomic mass is 9.99. The molecule has 31 nitrogen and oxygen atoms in total. The number of aliphatic carboxylic acids is 1. The molecule has 10 amide bonds. The Bertz CT molecular complexity index is 3750. The number of aromatic amines is 3. The lowest BCUT2D eigenvalue weighted by molar-refractivity contribution is -0.142. The number of carboxylic acids is 1. The van der Waals surface area contributed by atoms with Gasteiger partial charge in [0.2, 0.25) is 59.1 Å². The Morgan fingerprint density at radius 1 is 0.660 bits per heavy atom. The number of carboxylic acid groups (broad SMARTS) is 1. The van der Waals surface area contributed by atoms with Gasteiger partial charge in [-0.05, 0) is 92.3 Å². The molecule has 0 saturated carbocycles. The fraction of sp³-hybridized carbons (Fsp3) is 0.439. The Balaban J connectivity index is 0.00000322. The molecule has 2 fully saturated rings. The summed E-state index contributed by atoms with van der Waals surface area (Å²) in [6, 6.07) is 8.42. The molecular formula is C66H87N17O14. The van der Waals surface area contributed by atoms with Crippen molar-refractivity contribution in [1.82, 2.24) is 72.7 Å². The van der Waals surface area contributed by atoms with E-state index >= 15 is 9.59 Å². The number of nitrogens with two attached hydrogens (primary N) is 2. The zero-order chi connectivity index (χ0) is 70.3. The number of para-hydroxylation sites is 2. The van der Waals surface area contributed by atoms with Gasteiger partial charge in [0, 0.05) is 105 Å².